The number of likely N-dealkylation sites (tertiary alicyclic amines) is 1. The molecule has 12 heteroatoms. The number of benzene rings is 2. The normalized spacial score (nSPS) is 16.0. The van der Waals surface area contributed by atoms with E-state index in [2.05, 4.69) is 17.3 Å². The summed E-state index contributed by atoms with van der Waals surface area (Å²) in [7, 11) is -2.07. The summed E-state index contributed by atoms with van der Waals surface area (Å²) in [5.74, 6) is -0.391. The van der Waals surface area contributed by atoms with Crippen LogP contribution in [0, 0.1) is 12.8 Å². The van der Waals surface area contributed by atoms with Gasteiger partial charge in [-0.2, -0.15) is 4.31 Å². The third kappa shape index (κ3) is 9.92. The van der Waals surface area contributed by atoms with Crippen LogP contribution >= 0.6 is 23.2 Å². The number of carbonyl (C=O) groups excluding carboxylic acids is 2. The van der Waals surface area contributed by atoms with E-state index in [1.54, 1.807) is 11.8 Å². The van der Waals surface area contributed by atoms with Crippen molar-refractivity contribution in [3.63, 3.8) is 0 Å². The highest BCUT2D eigenvalue weighted by atomic mass is 35.5. The average Bonchev–Trinajstić information content (AvgIpc) is 2.96. The molecular weight excluding hydrogens is 597 g/mol. The quantitative estimate of drug-likeness (QED) is 0.288. The zero-order valence-corrected chi connectivity index (χ0v) is 26.9. The Labute approximate surface area is 260 Å². The summed E-state index contributed by atoms with van der Waals surface area (Å²) in [6.07, 6.45) is 4.12. The fraction of sp³-hybridized carbons (Fsp3) is 0.533. The van der Waals surface area contributed by atoms with E-state index in [0.29, 0.717) is 42.6 Å². The van der Waals surface area contributed by atoms with E-state index in [9.17, 15) is 18.0 Å². The Morgan fingerprint density at radius 2 is 1.83 bits per heavy atom. The largest absolute Gasteiger partial charge is 0.346 e. The standard InChI is InChI=1S/C30H43Cl2N5O4S/c1-23-26(31)12-13-27(30(23)32)42(40,41)37(18-14-24-9-4-3-5-10-24)22-28(38)34-19-29(39)36(17-7-6-15-33)21-25-11-8-16-35(2)20-25/h3-5,9-10,12-13,25H,6-8,11,14-22,33H2,1-2H3,(H,34,38). The van der Waals surface area contributed by atoms with Crippen molar-refractivity contribution in [3.8, 4) is 0 Å². The number of unbranched alkanes of at least 4 members (excludes halogenated alkanes) is 1. The van der Waals surface area contributed by atoms with Gasteiger partial charge in [0.2, 0.25) is 21.8 Å². The molecule has 232 valence electrons. The number of rotatable bonds is 15. The van der Waals surface area contributed by atoms with Gasteiger partial charge >= 0.3 is 0 Å². The first kappa shape index (κ1) is 34.3. The van der Waals surface area contributed by atoms with Gasteiger partial charge < -0.3 is 20.9 Å². The lowest BCUT2D eigenvalue weighted by molar-refractivity contribution is -0.133. The van der Waals surface area contributed by atoms with Crippen molar-refractivity contribution in [2.75, 3.05) is 59.4 Å². The van der Waals surface area contributed by atoms with Crippen LogP contribution in [-0.2, 0) is 26.0 Å². The molecule has 2 aromatic carbocycles. The van der Waals surface area contributed by atoms with Gasteiger partial charge in [-0.1, -0.05) is 53.5 Å². The SMILES string of the molecule is Cc1c(Cl)ccc(S(=O)(=O)N(CCc2ccccc2)CC(=O)NCC(=O)N(CCCCN)CC2CCCN(C)C2)c1Cl. The lowest BCUT2D eigenvalue weighted by atomic mass is 9.97. The van der Waals surface area contributed by atoms with E-state index in [0.717, 1.165) is 48.6 Å². The molecule has 0 spiro atoms. The van der Waals surface area contributed by atoms with Crippen LogP contribution in [0.15, 0.2) is 47.4 Å². The average molecular weight is 641 g/mol. The number of hydrogen-bond acceptors (Lipinski definition) is 6. The second kappa shape index (κ2) is 16.6. The Bertz CT molecular complexity index is 1300. The molecule has 1 atom stereocenters. The van der Waals surface area contributed by atoms with Gasteiger partial charge in [0.15, 0.2) is 0 Å². The van der Waals surface area contributed by atoms with Gasteiger partial charge in [-0.15, -0.1) is 0 Å². The third-order valence-corrected chi connectivity index (χ3v) is 10.5. The van der Waals surface area contributed by atoms with Crippen molar-refractivity contribution in [2.45, 2.75) is 43.9 Å². The molecule has 1 fully saturated rings. The molecule has 1 saturated heterocycles. The Morgan fingerprint density at radius 3 is 2.52 bits per heavy atom. The summed E-state index contributed by atoms with van der Waals surface area (Å²) in [6, 6.07) is 12.2. The molecule has 9 nitrogen and oxygen atoms in total. The number of carbonyl (C=O) groups is 2. The van der Waals surface area contributed by atoms with Crippen LogP contribution < -0.4 is 11.1 Å². The second-order valence-corrected chi connectivity index (χ2v) is 13.6. The van der Waals surface area contributed by atoms with E-state index in [-0.39, 0.29) is 28.9 Å². The van der Waals surface area contributed by atoms with E-state index < -0.39 is 22.5 Å². The highest BCUT2D eigenvalue weighted by Gasteiger charge is 2.30. The number of halogens is 2. The summed E-state index contributed by atoms with van der Waals surface area (Å²) in [5, 5.41) is 3.03. The first-order chi connectivity index (χ1) is 20.0. The van der Waals surface area contributed by atoms with E-state index in [4.69, 9.17) is 28.9 Å². The van der Waals surface area contributed by atoms with Gasteiger partial charge in [-0.05, 0) is 88.3 Å². The highest BCUT2D eigenvalue weighted by molar-refractivity contribution is 7.89. The van der Waals surface area contributed by atoms with Crippen molar-refractivity contribution < 1.29 is 18.0 Å². The Hall–Kier alpha value is -2.21. The first-order valence-electron chi connectivity index (χ1n) is 14.4. The Kier molecular flexibility index (Phi) is 13.5. The van der Waals surface area contributed by atoms with Crippen LogP contribution in [0.5, 0.6) is 0 Å². The van der Waals surface area contributed by atoms with Crippen LogP contribution in [0.2, 0.25) is 10.0 Å². The maximum absolute atomic E-state index is 13.7. The smallest absolute Gasteiger partial charge is 0.245 e. The van der Waals surface area contributed by atoms with Crippen LogP contribution in [0.3, 0.4) is 0 Å². The maximum Gasteiger partial charge on any atom is 0.245 e. The fourth-order valence-electron chi connectivity index (χ4n) is 5.16. The van der Waals surface area contributed by atoms with Gasteiger partial charge in [-0.25, -0.2) is 8.42 Å². The summed E-state index contributed by atoms with van der Waals surface area (Å²) in [6.45, 7) is 4.74. The topological polar surface area (TPSA) is 116 Å². The Balaban J connectivity index is 1.71. The van der Waals surface area contributed by atoms with Crippen LogP contribution in [-0.4, -0.2) is 93.7 Å². The number of nitrogens with two attached hydrogens (primary N) is 1. The summed E-state index contributed by atoms with van der Waals surface area (Å²) < 4.78 is 28.6. The van der Waals surface area contributed by atoms with E-state index >= 15 is 0 Å². The third-order valence-electron chi connectivity index (χ3n) is 7.59. The van der Waals surface area contributed by atoms with Gasteiger partial charge in [-0.3, -0.25) is 9.59 Å². The minimum Gasteiger partial charge on any atom is -0.346 e. The molecule has 3 rings (SSSR count). The summed E-state index contributed by atoms with van der Waals surface area (Å²) >= 11 is 12.6. The van der Waals surface area contributed by atoms with Crippen LogP contribution in [0.4, 0.5) is 0 Å². The predicted octanol–water partition coefficient (Wildman–Crippen LogP) is 3.56. The van der Waals surface area contributed by atoms with Crippen molar-refractivity contribution in [1.29, 1.82) is 0 Å². The molecule has 1 aliphatic heterocycles. The maximum atomic E-state index is 13.7. The van der Waals surface area contributed by atoms with Gasteiger partial charge in [0.1, 0.15) is 4.90 Å². The second-order valence-electron chi connectivity index (χ2n) is 10.9. The highest BCUT2D eigenvalue weighted by Crippen LogP contribution is 2.32. The lowest BCUT2D eigenvalue weighted by Gasteiger charge is -2.34. The number of amides is 2. The minimum absolute atomic E-state index is 0.0178. The molecule has 1 aliphatic rings. The van der Waals surface area contributed by atoms with Crippen LogP contribution in [0.25, 0.3) is 0 Å². The van der Waals surface area contributed by atoms with Crippen LogP contribution in [0.1, 0.15) is 36.8 Å². The molecular formula is C30H43Cl2N5O4S. The van der Waals surface area contributed by atoms with E-state index in [1.807, 2.05) is 30.3 Å². The summed E-state index contributed by atoms with van der Waals surface area (Å²) in [5.41, 5.74) is 7.03. The Morgan fingerprint density at radius 1 is 1.10 bits per heavy atom. The molecule has 0 saturated carbocycles. The number of nitrogens with one attached hydrogen (secondary N) is 1. The molecule has 3 N–H and O–H groups in total. The molecule has 1 unspecified atom stereocenters. The number of nitrogens with zero attached hydrogens (tertiary/aromatic N) is 3. The number of hydrogen-bond donors (Lipinski definition) is 2. The molecule has 0 radical (unpaired) electrons. The predicted molar refractivity (Wildman–Crippen MR) is 168 cm³/mol. The lowest BCUT2D eigenvalue weighted by Crippen LogP contribution is -2.47. The van der Waals surface area contributed by atoms with Gasteiger partial charge in [0.05, 0.1) is 18.1 Å². The zero-order chi connectivity index (χ0) is 30.7. The first-order valence-corrected chi connectivity index (χ1v) is 16.6. The van der Waals surface area contributed by atoms with Crippen molar-refractivity contribution in [3.05, 3.63) is 63.6 Å². The van der Waals surface area contributed by atoms with Gasteiger partial charge in [0.25, 0.3) is 0 Å². The fourth-order valence-corrected chi connectivity index (χ4v) is 7.34. The molecule has 0 aromatic heterocycles. The van der Waals surface area contributed by atoms with E-state index in [1.165, 1.54) is 12.1 Å². The molecule has 0 aliphatic carbocycles. The molecule has 1 heterocycles. The number of sulfonamides is 1. The molecule has 2 amide bonds. The van der Waals surface area contributed by atoms with Crippen molar-refractivity contribution in [2.24, 2.45) is 11.7 Å². The van der Waals surface area contributed by atoms with Crippen molar-refractivity contribution in [1.82, 2.24) is 19.4 Å². The zero-order valence-electron chi connectivity index (χ0n) is 24.5. The molecule has 0 bridgehead atoms. The summed E-state index contributed by atoms with van der Waals surface area (Å²) in [4.78, 5) is 30.3. The molecule has 42 heavy (non-hydrogen) atoms. The van der Waals surface area contributed by atoms with Gasteiger partial charge in [0, 0.05) is 31.2 Å². The van der Waals surface area contributed by atoms with Crippen molar-refractivity contribution >= 4 is 45.0 Å². The molecule has 2 aromatic rings. The number of piperidine rings is 1. The monoisotopic (exact) mass is 639 g/mol. The minimum atomic E-state index is -4.16.